The van der Waals surface area contributed by atoms with Crippen LogP contribution in [0.25, 0.3) is 11.4 Å². The van der Waals surface area contributed by atoms with Gasteiger partial charge in [0.05, 0.1) is 24.9 Å². The first kappa shape index (κ1) is 23.3. The van der Waals surface area contributed by atoms with Gasteiger partial charge in [0, 0.05) is 43.4 Å². The maximum Gasteiger partial charge on any atom is 0.277 e. The molecule has 1 aliphatic rings. The zero-order valence-corrected chi connectivity index (χ0v) is 20.6. The number of aryl methyl sites for hydroxylation is 2. The molecule has 0 aliphatic carbocycles. The molecule has 2 atom stereocenters. The maximum absolute atomic E-state index is 13.6. The molecular formula is C24H31N5O3S. The molecule has 1 N–H and O–H groups in total. The molecule has 0 radical (unpaired) electrons. The van der Waals surface area contributed by atoms with Gasteiger partial charge in [-0.1, -0.05) is 0 Å². The van der Waals surface area contributed by atoms with Crippen LogP contribution in [0.15, 0.2) is 34.6 Å². The molecule has 0 saturated carbocycles. The number of thiazole rings is 1. The van der Waals surface area contributed by atoms with Crippen LogP contribution in [-0.2, 0) is 11.3 Å². The van der Waals surface area contributed by atoms with Crippen LogP contribution >= 0.6 is 11.3 Å². The van der Waals surface area contributed by atoms with Crippen LogP contribution in [0.4, 0.5) is 10.8 Å². The van der Waals surface area contributed by atoms with Gasteiger partial charge in [-0.25, -0.2) is 9.97 Å². The predicted octanol–water partition coefficient (Wildman–Crippen LogP) is 3.72. The fraction of sp³-hybridized carbons (Fsp3) is 0.458. The minimum absolute atomic E-state index is 0.0408. The van der Waals surface area contributed by atoms with Crippen LogP contribution < -0.4 is 20.5 Å². The normalized spacial score (nSPS) is 18.0. The predicted molar refractivity (Wildman–Crippen MR) is 133 cm³/mol. The van der Waals surface area contributed by atoms with Gasteiger partial charge < -0.3 is 19.7 Å². The number of nitrogens with zero attached hydrogens (tertiary/aromatic N) is 4. The Hall–Kier alpha value is -2.91. The van der Waals surface area contributed by atoms with Gasteiger partial charge in [-0.15, -0.1) is 11.3 Å². The molecule has 9 heteroatoms. The van der Waals surface area contributed by atoms with Crippen LogP contribution in [0.1, 0.15) is 25.1 Å². The summed E-state index contributed by atoms with van der Waals surface area (Å²) < 4.78 is 13.1. The second-order valence-corrected chi connectivity index (χ2v) is 8.96. The van der Waals surface area contributed by atoms with Gasteiger partial charge in [0.2, 0.25) is 0 Å². The highest BCUT2D eigenvalue weighted by atomic mass is 32.1. The molecule has 3 heterocycles. The van der Waals surface area contributed by atoms with E-state index in [0.717, 1.165) is 28.6 Å². The zero-order valence-electron chi connectivity index (χ0n) is 19.8. The topological polar surface area (TPSA) is 81.5 Å². The third-order valence-corrected chi connectivity index (χ3v) is 6.84. The Bertz CT molecular complexity index is 1160. The van der Waals surface area contributed by atoms with Crippen LogP contribution in [0, 0.1) is 13.8 Å². The minimum Gasteiger partial charge on any atom is -0.497 e. The summed E-state index contributed by atoms with van der Waals surface area (Å²) in [5.41, 5.74) is 3.07. The number of anilines is 2. The van der Waals surface area contributed by atoms with Crippen molar-refractivity contribution in [3.05, 3.63) is 51.4 Å². The molecule has 1 saturated heterocycles. The number of ether oxygens (including phenoxy) is 2. The molecule has 0 amide bonds. The average Bonchev–Trinajstić information content (AvgIpc) is 3.47. The van der Waals surface area contributed by atoms with E-state index >= 15 is 0 Å². The lowest BCUT2D eigenvalue weighted by molar-refractivity contribution is 0.0720. The van der Waals surface area contributed by atoms with Crippen molar-refractivity contribution in [1.82, 2.24) is 14.5 Å². The van der Waals surface area contributed by atoms with Crippen LogP contribution in [-0.4, -0.2) is 53.5 Å². The number of benzene rings is 1. The van der Waals surface area contributed by atoms with Crippen LogP contribution in [0.5, 0.6) is 5.75 Å². The Labute approximate surface area is 198 Å². The second kappa shape index (κ2) is 9.93. The fourth-order valence-electron chi connectivity index (χ4n) is 4.35. The number of hydrogen-bond donors (Lipinski definition) is 1. The van der Waals surface area contributed by atoms with Gasteiger partial charge in [0.15, 0.2) is 5.13 Å². The number of hydrogen-bond acceptors (Lipinski definition) is 8. The number of rotatable bonds is 8. The van der Waals surface area contributed by atoms with E-state index in [1.807, 2.05) is 57.5 Å². The Morgan fingerprint density at radius 1 is 1.24 bits per heavy atom. The van der Waals surface area contributed by atoms with Gasteiger partial charge >= 0.3 is 0 Å². The van der Waals surface area contributed by atoms with E-state index in [1.165, 1.54) is 0 Å². The lowest BCUT2D eigenvalue weighted by Gasteiger charge is -2.22. The van der Waals surface area contributed by atoms with Crippen molar-refractivity contribution in [3.8, 4) is 17.1 Å². The quantitative estimate of drug-likeness (QED) is 0.538. The lowest BCUT2D eigenvalue weighted by Crippen LogP contribution is -2.38. The monoisotopic (exact) mass is 469 g/mol. The first-order valence-corrected chi connectivity index (χ1v) is 12.1. The van der Waals surface area contributed by atoms with E-state index in [4.69, 9.17) is 14.5 Å². The summed E-state index contributed by atoms with van der Waals surface area (Å²) in [6, 6.07) is 5.78. The summed E-state index contributed by atoms with van der Waals surface area (Å²) in [7, 11) is 1.65. The largest absolute Gasteiger partial charge is 0.497 e. The average molecular weight is 470 g/mol. The number of methoxy groups -OCH3 is 1. The summed E-state index contributed by atoms with van der Waals surface area (Å²) in [4.78, 5) is 25.1. The molecule has 0 spiro atoms. The van der Waals surface area contributed by atoms with Crippen molar-refractivity contribution in [2.75, 3.05) is 37.0 Å². The molecule has 33 heavy (non-hydrogen) atoms. The minimum atomic E-state index is -0.0711. The SMILES string of the molecule is CCO[C@H]1CN(c2nccs2)CC1Nc1c(C)nc(-c2ccc(OC)cc2C)n(CC)c1=O. The Balaban J connectivity index is 1.68. The van der Waals surface area contributed by atoms with Gasteiger partial charge in [-0.05, 0) is 51.5 Å². The van der Waals surface area contributed by atoms with E-state index in [-0.39, 0.29) is 17.7 Å². The summed E-state index contributed by atoms with van der Waals surface area (Å²) in [6.45, 7) is 10.4. The number of aromatic nitrogens is 3. The van der Waals surface area contributed by atoms with Crippen molar-refractivity contribution in [2.24, 2.45) is 0 Å². The lowest BCUT2D eigenvalue weighted by atomic mass is 10.1. The molecule has 1 aliphatic heterocycles. The molecule has 2 aromatic heterocycles. The van der Waals surface area contributed by atoms with Gasteiger partial charge in [0.1, 0.15) is 17.3 Å². The van der Waals surface area contributed by atoms with Crippen molar-refractivity contribution >= 4 is 22.2 Å². The Morgan fingerprint density at radius 3 is 2.70 bits per heavy atom. The van der Waals surface area contributed by atoms with Gasteiger partial charge in [-0.2, -0.15) is 0 Å². The standard InChI is InChI=1S/C24H31N5O3S/c1-6-29-22(18-9-8-17(31-5)12-15(18)3)26-16(4)21(23(29)30)27-19-13-28(14-20(19)32-7-2)24-25-10-11-33-24/h8-12,19-20,27H,6-7,13-14H2,1-5H3/t19?,20-/m0/s1. The first-order valence-electron chi connectivity index (χ1n) is 11.3. The highest BCUT2D eigenvalue weighted by Gasteiger charge is 2.35. The summed E-state index contributed by atoms with van der Waals surface area (Å²) in [6.07, 6.45) is 1.76. The third kappa shape index (κ3) is 4.60. The zero-order chi connectivity index (χ0) is 23.5. The molecule has 8 nitrogen and oxygen atoms in total. The molecule has 1 fully saturated rings. The highest BCUT2D eigenvalue weighted by Crippen LogP contribution is 2.28. The van der Waals surface area contributed by atoms with E-state index in [2.05, 4.69) is 15.2 Å². The molecule has 1 unspecified atom stereocenters. The van der Waals surface area contributed by atoms with Gasteiger partial charge in [0.25, 0.3) is 5.56 Å². The summed E-state index contributed by atoms with van der Waals surface area (Å²) in [5, 5.41) is 6.42. The van der Waals surface area contributed by atoms with E-state index < -0.39 is 0 Å². The van der Waals surface area contributed by atoms with E-state index in [0.29, 0.717) is 36.9 Å². The summed E-state index contributed by atoms with van der Waals surface area (Å²) >= 11 is 1.61. The van der Waals surface area contributed by atoms with Crippen LogP contribution in [0.3, 0.4) is 0 Å². The third-order valence-electron chi connectivity index (χ3n) is 6.01. The maximum atomic E-state index is 13.6. The van der Waals surface area contributed by atoms with Crippen molar-refractivity contribution in [2.45, 2.75) is 46.4 Å². The molecule has 4 rings (SSSR count). The van der Waals surface area contributed by atoms with E-state index in [1.54, 1.807) is 23.0 Å². The highest BCUT2D eigenvalue weighted by molar-refractivity contribution is 7.13. The Kier molecular flexibility index (Phi) is 6.99. The van der Waals surface area contributed by atoms with Crippen molar-refractivity contribution in [1.29, 1.82) is 0 Å². The first-order chi connectivity index (χ1) is 16.0. The van der Waals surface area contributed by atoms with Crippen LogP contribution in [0.2, 0.25) is 0 Å². The van der Waals surface area contributed by atoms with Crippen molar-refractivity contribution in [3.63, 3.8) is 0 Å². The van der Waals surface area contributed by atoms with E-state index in [9.17, 15) is 4.79 Å². The smallest absolute Gasteiger partial charge is 0.277 e. The Morgan fingerprint density at radius 2 is 2.06 bits per heavy atom. The summed E-state index contributed by atoms with van der Waals surface area (Å²) in [5.74, 6) is 1.45. The second-order valence-electron chi connectivity index (χ2n) is 8.09. The molecule has 3 aromatic rings. The van der Waals surface area contributed by atoms with Crippen molar-refractivity contribution < 1.29 is 9.47 Å². The van der Waals surface area contributed by atoms with Gasteiger partial charge in [-0.3, -0.25) is 9.36 Å². The molecule has 0 bridgehead atoms. The molecular weight excluding hydrogens is 438 g/mol. The molecule has 176 valence electrons. The number of nitrogens with one attached hydrogen (secondary N) is 1. The molecule has 1 aromatic carbocycles. The fourth-order valence-corrected chi connectivity index (χ4v) is 5.01.